The number of rotatable bonds is 2. The molecule has 0 aliphatic heterocycles. The Morgan fingerprint density at radius 1 is 1.25 bits per heavy atom. The van der Waals surface area contributed by atoms with Crippen molar-refractivity contribution in [2.45, 2.75) is 5.33 Å². The van der Waals surface area contributed by atoms with Crippen LogP contribution in [0.2, 0.25) is 0 Å². The molecule has 1 rings (SSSR count). The second-order valence-electron chi connectivity index (χ2n) is 2.22. The smallest absolute Gasteiger partial charge is 0.151 e. The predicted molar refractivity (Wildman–Crippen MR) is 59.9 cm³/mol. The summed E-state index contributed by atoms with van der Waals surface area (Å²) in [7, 11) is 0. The number of hydrogen-bond donors (Lipinski definition) is 0. The maximum Gasteiger partial charge on any atom is 0.151 e. The van der Waals surface area contributed by atoms with Crippen molar-refractivity contribution in [2.24, 2.45) is 0 Å². The van der Waals surface area contributed by atoms with Gasteiger partial charge in [-0.25, -0.2) is 0 Å². The minimum Gasteiger partial charge on any atom is -0.298 e. The van der Waals surface area contributed by atoms with Gasteiger partial charge in [-0.3, -0.25) is 4.79 Å². The second-order valence-corrected chi connectivity index (χ2v) is 4.49. The number of alkyl halides is 1. The van der Waals surface area contributed by atoms with Gasteiger partial charge >= 0.3 is 0 Å². The molecule has 0 heterocycles. The molecule has 4 heteroatoms. The lowest BCUT2D eigenvalue weighted by molar-refractivity contribution is 0.112. The van der Waals surface area contributed by atoms with E-state index in [2.05, 4.69) is 47.8 Å². The summed E-state index contributed by atoms with van der Waals surface area (Å²) in [5.74, 6) is 0. The summed E-state index contributed by atoms with van der Waals surface area (Å²) < 4.78 is 1.78. The molecule has 12 heavy (non-hydrogen) atoms. The van der Waals surface area contributed by atoms with Gasteiger partial charge in [-0.15, -0.1) is 0 Å². The van der Waals surface area contributed by atoms with Crippen LogP contribution in [0, 0.1) is 0 Å². The van der Waals surface area contributed by atoms with Crippen molar-refractivity contribution in [1.29, 1.82) is 0 Å². The number of halogens is 3. The molecule has 0 aliphatic rings. The highest BCUT2D eigenvalue weighted by molar-refractivity contribution is 9.11. The molecule has 0 aliphatic carbocycles. The first-order valence-electron chi connectivity index (χ1n) is 3.18. The third-order valence-corrected chi connectivity index (χ3v) is 3.47. The van der Waals surface area contributed by atoms with E-state index in [1.165, 1.54) is 0 Å². The highest BCUT2D eigenvalue weighted by Crippen LogP contribution is 2.26. The Bertz CT molecular complexity index is 309. The monoisotopic (exact) mass is 354 g/mol. The van der Waals surface area contributed by atoms with E-state index in [1.807, 2.05) is 6.07 Å². The highest BCUT2D eigenvalue weighted by atomic mass is 79.9. The molecule has 0 aromatic heterocycles. The van der Waals surface area contributed by atoms with Gasteiger partial charge in [-0.2, -0.15) is 0 Å². The maximum atomic E-state index is 10.5. The van der Waals surface area contributed by atoms with Crippen molar-refractivity contribution in [3.8, 4) is 0 Å². The molecule has 0 saturated heterocycles. The van der Waals surface area contributed by atoms with Crippen molar-refractivity contribution < 1.29 is 4.79 Å². The van der Waals surface area contributed by atoms with Gasteiger partial charge in [0.05, 0.1) is 0 Å². The lowest BCUT2D eigenvalue weighted by Crippen LogP contribution is -1.87. The number of aldehydes is 1. The van der Waals surface area contributed by atoms with Crippen LogP contribution in [-0.4, -0.2) is 6.29 Å². The molecule has 0 fully saturated rings. The minimum absolute atomic E-state index is 0.659. The van der Waals surface area contributed by atoms with E-state index in [1.54, 1.807) is 6.07 Å². The Labute approximate surface area is 95.9 Å². The van der Waals surface area contributed by atoms with Crippen molar-refractivity contribution >= 4 is 54.1 Å². The van der Waals surface area contributed by atoms with Gasteiger partial charge in [0.15, 0.2) is 6.29 Å². The summed E-state index contributed by atoms with van der Waals surface area (Å²) in [4.78, 5) is 10.5. The molecule has 0 spiro atoms. The Morgan fingerprint density at radius 3 is 2.42 bits per heavy atom. The zero-order valence-electron chi connectivity index (χ0n) is 5.98. The molecule has 0 unspecified atom stereocenters. The number of benzene rings is 1. The summed E-state index contributed by atoms with van der Waals surface area (Å²) in [6.45, 7) is 0. The van der Waals surface area contributed by atoms with Gasteiger partial charge < -0.3 is 0 Å². The lowest BCUT2D eigenvalue weighted by Gasteiger charge is -2.02. The summed E-state index contributed by atoms with van der Waals surface area (Å²) in [6, 6.07) is 3.72. The van der Waals surface area contributed by atoms with Crippen molar-refractivity contribution in [3.05, 3.63) is 32.2 Å². The van der Waals surface area contributed by atoms with Crippen LogP contribution in [0.3, 0.4) is 0 Å². The van der Waals surface area contributed by atoms with Gasteiger partial charge in [0, 0.05) is 19.8 Å². The minimum atomic E-state index is 0.659. The third kappa shape index (κ3) is 2.18. The van der Waals surface area contributed by atoms with E-state index in [9.17, 15) is 4.79 Å². The average molecular weight is 357 g/mol. The van der Waals surface area contributed by atoms with Gasteiger partial charge in [-0.1, -0.05) is 47.8 Å². The lowest BCUT2D eigenvalue weighted by atomic mass is 10.2. The largest absolute Gasteiger partial charge is 0.298 e. The van der Waals surface area contributed by atoms with E-state index in [0.717, 1.165) is 26.1 Å². The number of hydrogen-bond acceptors (Lipinski definition) is 1. The number of carbonyl (C=O) groups excluding carboxylic acids is 1. The molecule has 0 amide bonds. The molecule has 0 N–H and O–H groups in total. The molecular formula is C8H5Br3O. The standard InChI is InChI=1S/C8H5Br3O/c9-3-5-1-8(11)6(4-12)2-7(5)10/h1-2,4H,3H2. The van der Waals surface area contributed by atoms with E-state index >= 15 is 0 Å². The fraction of sp³-hybridized carbons (Fsp3) is 0.125. The van der Waals surface area contributed by atoms with Crippen LogP contribution < -0.4 is 0 Å². The van der Waals surface area contributed by atoms with Crippen molar-refractivity contribution in [2.75, 3.05) is 0 Å². The molecule has 1 nitrogen and oxygen atoms in total. The zero-order chi connectivity index (χ0) is 9.14. The van der Waals surface area contributed by atoms with Gasteiger partial charge in [-0.05, 0) is 17.7 Å². The average Bonchev–Trinajstić information content (AvgIpc) is 2.08. The zero-order valence-corrected chi connectivity index (χ0v) is 10.7. The maximum absolute atomic E-state index is 10.5. The normalized spacial score (nSPS) is 9.92. The highest BCUT2D eigenvalue weighted by Gasteiger charge is 2.04. The van der Waals surface area contributed by atoms with Crippen LogP contribution in [0.15, 0.2) is 21.1 Å². The predicted octanol–water partition coefficient (Wildman–Crippen LogP) is 3.92. The van der Waals surface area contributed by atoms with Crippen LogP contribution in [0.1, 0.15) is 15.9 Å². The van der Waals surface area contributed by atoms with Crippen molar-refractivity contribution in [3.63, 3.8) is 0 Å². The SMILES string of the molecule is O=Cc1cc(Br)c(CBr)cc1Br. The molecule has 0 atom stereocenters. The molecule has 0 saturated carbocycles. The summed E-state index contributed by atoms with van der Waals surface area (Å²) in [6.07, 6.45) is 0.826. The Balaban J connectivity index is 3.25. The first-order valence-corrected chi connectivity index (χ1v) is 5.89. The summed E-state index contributed by atoms with van der Waals surface area (Å²) in [5, 5.41) is 0.769. The fourth-order valence-corrected chi connectivity index (χ4v) is 2.62. The van der Waals surface area contributed by atoms with Gasteiger partial charge in [0.1, 0.15) is 0 Å². The second kappa shape index (κ2) is 4.53. The summed E-state index contributed by atoms with van der Waals surface area (Å²) in [5.41, 5.74) is 1.78. The van der Waals surface area contributed by atoms with Crippen LogP contribution >= 0.6 is 47.8 Å². The third-order valence-electron chi connectivity index (χ3n) is 1.44. The van der Waals surface area contributed by atoms with Crippen LogP contribution in [0.5, 0.6) is 0 Å². The summed E-state index contributed by atoms with van der Waals surface area (Å²) >= 11 is 10.0. The molecule has 1 aromatic rings. The Kier molecular flexibility index (Phi) is 3.93. The molecule has 0 radical (unpaired) electrons. The number of carbonyl (C=O) groups is 1. The van der Waals surface area contributed by atoms with E-state index in [0.29, 0.717) is 5.56 Å². The first-order chi connectivity index (χ1) is 5.69. The molecular weight excluding hydrogens is 352 g/mol. The Morgan fingerprint density at radius 2 is 1.92 bits per heavy atom. The van der Waals surface area contributed by atoms with E-state index < -0.39 is 0 Å². The van der Waals surface area contributed by atoms with Crippen molar-refractivity contribution in [1.82, 2.24) is 0 Å². The van der Waals surface area contributed by atoms with Gasteiger partial charge in [0.25, 0.3) is 0 Å². The molecule has 64 valence electrons. The first kappa shape index (κ1) is 10.4. The molecule has 0 bridgehead atoms. The van der Waals surface area contributed by atoms with Crippen LogP contribution in [0.4, 0.5) is 0 Å². The van der Waals surface area contributed by atoms with Gasteiger partial charge in [0.2, 0.25) is 0 Å². The fourth-order valence-electron chi connectivity index (χ4n) is 0.796. The van der Waals surface area contributed by atoms with E-state index in [-0.39, 0.29) is 0 Å². The molecule has 1 aromatic carbocycles. The quantitative estimate of drug-likeness (QED) is 0.580. The Hall–Kier alpha value is 0.330. The van der Waals surface area contributed by atoms with Crippen LogP contribution in [-0.2, 0) is 5.33 Å². The van der Waals surface area contributed by atoms with E-state index in [4.69, 9.17) is 0 Å². The van der Waals surface area contributed by atoms with Crippen LogP contribution in [0.25, 0.3) is 0 Å². The topological polar surface area (TPSA) is 17.1 Å².